The third-order valence-corrected chi connectivity index (χ3v) is 3.40. The number of carbonyl (C=O) groups excluding carboxylic acids is 1. The van der Waals surface area contributed by atoms with Gasteiger partial charge in [-0.15, -0.1) is 0 Å². The zero-order valence-corrected chi connectivity index (χ0v) is 11.9. The standard InChI is InChI=1S/C16H14FN3O2/c1-11-2-3-12(8-13(11)17)9-19-14-4-5-15-18-6-7-20(15)16(14)22-10-21/h2-8,10,19H,9H2,1H3. The van der Waals surface area contributed by atoms with Crippen molar-refractivity contribution in [1.82, 2.24) is 9.38 Å². The van der Waals surface area contributed by atoms with Crippen LogP contribution in [0.1, 0.15) is 11.1 Å². The van der Waals surface area contributed by atoms with Crippen molar-refractivity contribution >= 4 is 17.8 Å². The monoisotopic (exact) mass is 299 g/mol. The molecule has 112 valence electrons. The number of nitrogens with zero attached hydrogens (tertiary/aromatic N) is 2. The molecule has 2 heterocycles. The van der Waals surface area contributed by atoms with Crippen LogP contribution in [0.3, 0.4) is 0 Å². The van der Waals surface area contributed by atoms with Gasteiger partial charge in [0.1, 0.15) is 11.5 Å². The van der Waals surface area contributed by atoms with Gasteiger partial charge in [-0.25, -0.2) is 9.37 Å². The van der Waals surface area contributed by atoms with Crippen molar-refractivity contribution < 1.29 is 13.9 Å². The molecular formula is C16H14FN3O2. The first-order valence-electron chi connectivity index (χ1n) is 6.74. The SMILES string of the molecule is Cc1ccc(CNc2ccc3nccn3c2OC=O)cc1F. The smallest absolute Gasteiger partial charge is 0.299 e. The summed E-state index contributed by atoms with van der Waals surface area (Å²) in [6, 6.07) is 8.63. The van der Waals surface area contributed by atoms with Gasteiger partial charge in [0, 0.05) is 18.9 Å². The molecule has 0 atom stereocenters. The summed E-state index contributed by atoms with van der Waals surface area (Å²) in [5, 5.41) is 3.14. The number of anilines is 1. The fourth-order valence-electron chi connectivity index (χ4n) is 2.21. The van der Waals surface area contributed by atoms with Crippen LogP contribution in [0.15, 0.2) is 42.7 Å². The average Bonchev–Trinajstić information content (AvgIpc) is 2.99. The first-order valence-corrected chi connectivity index (χ1v) is 6.74. The molecule has 0 radical (unpaired) electrons. The van der Waals surface area contributed by atoms with E-state index in [0.717, 1.165) is 5.56 Å². The maximum Gasteiger partial charge on any atom is 0.299 e. The molecule has 5 nitrogen and oxygen atoms in total. The van der Waals surface area contributed by atoms with Gasteiger partial charge in [0.15, 0.2) is 0 Å². The van der Waals surface area contributed by atoms with Crippen LogP contribution in [0.4, 0.5) is 10.1 Å². The Morgan fingerprint density at radius 2 is 2.23 bits per heavy atom. The Balaban J connectivity index is 1.87. The predicted octanol–water partition coefficient (Wildman–Crippen LogP) is 2.93. The lowest BCUT2D eigenvalue weighted by Gasteiger charge is -2.12. The van der Waals surface area contributed by atoms with Gasteiger partial charge in [0.2, 0.25) is 5.88 Å². The van der Waals surface area contributed by atoms with Crippen LogP contribution in [0, 0.1) is 12.7 Å². The maximum absolute atomic E-state index is 13.6. The Morgan fingerprint density at radius 3 is 3.00 bits per heavy atom. The molecule has 3 aromatic rings. The van der Waals surface area contributed by atoms with E-state index in [1.807, 2.05) is 6.07 Å². The van der Waals surface area contributed by atoms with Crippen molar-refractivity contribution in [2.45, 2.75) is 13.5 Å². The highest BCUT2D eigenvalue weighted by atomic mass is 19.1. The second-order valence-electron chi connectivity index (χ2n) is 4.86. The lowest BCUT2D eigenvalue weighted by molar-refractivity contribution is -0.120. The molecule has 22 heavy (non-hydrogen) atoms. The summed E-state index contributed by atoms with van der Waals surface area (Å²) in [6.45, 7) is 2.49. The van der Waals surface area contributed by atoms with Crippen molar-refractivity contribution in [3.63, 3.8) is 0 Å². The molecule has 0 spiro atoms. The number of halogens is 1. The number of fused-ring (bicyclic) bond motifs is 1. The first-order chi connectivity index (χ1) is 10.7. The van der Waals surface area contributed by atoms with Crippen LogP contribution in [-0.4, -0.2) is 15.9 Å². The number of hydrogen-bond acceptors (Lipinski definition) is 4. The van der Waals surface area contributed by atoms with Gasteiger partial charge in [-0.2, -0.15) is 0 Å². The van der Waals surface area contributed by atoms with E-state index < -0.39 is 0 Å². The van der Waals surface area contributed by atoms with Crippen molar-refractivity contribution in [2.75, 3.05) is 5.32 Å². The minimum Gasteiger partial charge on any atom is -0.409 e. The van der Waals surface area contributed by atoms with E-state index in [2.05, 4.69) is 10.3 Å². The summed E-state index contributed by atoms with van der Waals surface area (Å²) in [4.78, 5) is 14.8. The number of pyridine rings is 1. The molecule has 0 bridgehead atoms. The Bertz CT molecular complexity index is 829. The van der Waals surface area contributed by atoms with Crippen LogP contribution in [0.5, 0.6) is 5.88 Å². The number of imidazole rings is 1. The molecule has 0 aliphatic carbocycles. The number of ether oxygens (including phenoxy) is 1. The normalized spacial score (nSPS) is 10.6. The van der Waals surface area contributed by atoms with Crippen LogP contribution in [0.25, 0.3) is 5.65 Å². The third-order valence-electron chi connectivity index (χ3n) is 3.40. The topological polar surface area (TPSA) is 55.6 Å². The van der Waals surface area contributed by atoms with E-state index in [0.29, 0.717) is 35.8 Å². The van der Waals surface area contributed by atoms with E-state index in [9.17, 15) is 9.18 Å². The molecular weight excluding hydrogens is 285 g/mol. The average molecular weight is 299 g/mol. The Hall–Kier alpha value is -2.89. The second-order valence-corrected chi connectivity index (χ2v) is 4.86. The second kappa shape index (κ2) is 5.85. The molecule has 1 aromatic carbocycles. The van der Waals surface area contributed by atoms with Gasteiger partial charge in [0.25, 0.3) is 6.47 Å². The Morgan fingerprint density at radius 1 is 1.36 bits per heavy atom. The quantitative estimate of drug-likeness (QED) is 0.736. The Kier molecular flexibility index (Phi) is 3.74. The summed E-state index contributed by atoms with van der Waals surface area (Å²) in [5.41, 5.74) is 2.70. The minimum absolute atomic E-state index is 0.242. The number of rotatable bonds is 5. The van der Waals surface area contributed by atoms with Crippen molar-refractivity contribution in [1.29, 1.82) is 0 Å². The van der Waals surface area contributed by atoms with Gasteiger partial charge in [-0.1, -0.05) is 12.1 Å². The summed E-state index contributed by atoms with van der Waals surface area (Å²) in [6.07, 6.45) is 3.32. The number of hydrogen-bond donors (Lipinski definition) is 1. The molecule has 0 aliphatic heterocycles. The highest BCUT2D eigenvalue weighted by Gasteiger charge is 2.09. The Labute approximate surface area is 126 Å². The summed E-state index contributed by atoms with van der Waals surface area (Å²) in [7, 11) is 0. The molecule has 0 saturated heterocycles. The summed E-state index contributed by atoms with van der Waals surface area (Å²) in [5.74, 6) is 0.103. The van der Waals surface area contributed by atoms with Gasteiger partial charge >= 0.3 is 0 Å². The third kappa shape index (κ3) is 2.63. The highest BCUT2D eigenvalue weighted by molar-refractivity contribution is 5.63. The van der Waals surface area contributed by atoms with Crippen LogP contribution < -0.4 is 10.1 Å². The minimum atomic E-state index is -0.242. The fourth-order valence-corrected chi connectivity index (χ4v) is 2.21. The molecule has 0 saturated carbocycles. The molecule has 1 N–H and O–H groups in total. The lowest BCUT2D eigenvalue weighted by Crippen LogP contribution is -2.05. The number of aryl methyl sites for hydroxylation is 1. The van der Waals surface area contributed by atoms with Gasteiger partial charge in [-0.05, 0) is 36.2 Å². The van der Waals surface area contributed by atoms with Gasteiger partial charge in [-0.3, -0.25) is 9.20 Å². The van der Waals surface area contributed by atoms with Crippen LogP contribution in [0.2, 0.25) is 0 Å². The molecule has 0 fully saturated rings. The van der Waals surface area contributed by atoms with E-state index in [4.69, 9.17) is 4.74 Å². The van der Waals surface area contributed by atoms with Crippen molar-refractivity contribution in [2.24, 2.45) is 0 Å². The van der Waals surface area contributed by atoms with E-state index in [1.165, 1.54) is 6.07 Å². The number of aromatic nitrogens is 2. The zero-order chi connectivity index (χ0) is 15.5. The lowest BCUT2D eigenvalue weighted by atomic mass is 10.1. The molecule has 0 amide bonds. The zero-order valence-electron chi connectivity index (χ0n) is 11.9. The molecule has 2 aromatic heterocycles. The van der Waals surface area contributed by atoms with E-state index in [1.54, 1.807) is 41.9 Å². The fraction of sp³-hybridized carbons (Fsp3) is 0.125. The summed E-state index contributed by atoms with van der Waals surface area (Å²) < 4.78 is 20.3. The van der Waals surface area contributed by atoms with Crippen molar-refractivity contribution in [3.8, 4) is 5.88 Å². The number of benzene rings is 1. The largest absolute Gasteiger partial charge is 0.409 e. The molecule has 0 unspecified atom stereocenters. The predicted molar refractivity (Wildman–Crippen MR) is 80.3 cm³/mol. The maximum atomic E-state index is 13.6. The number of carbonyl (C=O) groups is 1. The molecule has 3 rings (SSSR count). The highest BCUT2D eigenvalue weighted by Crippen LogP contribution is 2.26. The van der Waals surface area contributed by atoms with E-state index in [-0.39, 0.29) is 5.82 Å². The van der Waals surface area contributed by atoms with E-state index >= 15 is 0 Å². The summed E-state index contributed by atoms with van der Waals surface area (Å²) >= 11 is 0. The van der Waals surface area contributed by atoms with Crippen LogP contribution in [-0.2, 0) is 11.3 Å². The van der Waals surface area contributed by atoms with Crippen LogP contribution >= 0.6 is 0 Å². The molecule has 0 aliphatic rings. The van der Waals surface area contributed by atoms with Gasteiger partial charge < -0.3 is 10.1 Å². The van der Waals surface area contributed by atoms with Gasteiger partial charge in [0.05, 0.1) is 5.69 Å². The number of nitrogens with one attached hydrogen (secondary N) is 1. The molecule has 6 heteroatoms. The van der Waals surface area contributed by atoms with Crippen molar-refractivity contribution in [3.05, 3.63) is 59.7 Å². The first kappa shape index (κ1) is 14.1.